The molecule has 3 rings (SSSR count). The van der Waals surface area contributed by atoms with Crippen LogP contribution in [0.2, 0.25) is 5.15 Å². The third-order valence-electron chi connectivity index (χ3n) is 2.87. The van der Waals surface area contributed by atoms with E-state index in [1.807, 2.05) is 24.4 Å². The number of aromatic nitrogens is 2. The lowest BCUT2D eigenvalue weighted by Crippen LogP contribution is -2.15. The first-order valence-corrected chi connectivity index (χ1v) is 7.60. The van der Waals surface area contributed by atoms with E-state index >= 15 is 0 Å². The lowest BCUT2D eigenvalue weighted by molar-refractivity contribution is 0.102. The number of rotatable bonds is 4. The molecule has 0 aliphatic carbocycles. The Morgan fingerprint density at radius 2 is 2.29 bits per heavy atom. The largest absolute Gasteiger partial charge is 0.492 e. The Balaban J connectivity index is 1.93. The van der Waals surface area contributed by atoms with Crippen LogP contribution in [0.1, 0.15) is 17.4 Å². The predicted octanol–water partition coefficient (Wildman–Crippen LogP) is 3.70. The Bertz CT molecular complexity index is 796. The highest BCUT2D eigenvalue weighted by molar-refractivity contribution is 7.15. The molecule has 0 aliphatic rings. The molecule has 7 heteroatoms. The molecule has 0 radical (unpaired) electrons. The highest BCUT2D eigenvalue weighted by atomic mass is 35.5. The third-order valence-corrected chi connectivity index (χ3v) is 3.89. The summed E-state index contributed by atoms with van der Waals surface area (Å²) in [6, 6.07) is 7.26. The van der Waals surface area contributed by atoms with Gasteiger partial charge in [-0.3, -0.25) is 9.20 Å². The van der Waals surface area contributed by atoms with Crippen LogP contribution in [0, 0.1) is 0 Å². The Morgan fingerprint density at radius 3 is 3.10 bits per heavy atom. The maximum absolute atomic E-state index is 12.5. The molecular weight excluding hydrogens is 310 g/mol. The number of amides is 1. The number of carbonyl (C=O) groups excluding carboxylic acids is 1. The number of benzene rings is 1. The van der Waals surface area contributed by atoms with E-state index in [1.54, 1.807) is 22.7 Å². The molecule has 0 unspecified atom stereocenters. The number of nitrogens with zero attached hydrogens (tertiary/aromatic N) is 2. The lowest BCUT2D eigenvalue weighted by Gasteiger charge is -2.10. The van der Waals surface area contributed by atoms with E-state index in [4.69, 9.17) is 16.3 Å². The summed E-state index contributed by atoms with van der Waals surface area (Å²) in [5.74, 6) is 0.300. The van der Waals surface area contributed by atoms with Gasteiger partial charge in [0.1, 0.15) is 5.75 Å². The second-order valence-corrected chi connectivity index (χ2v) is 5.42. The maximum Gasteiger partial charge on any atom is 0.276 e. The van der Waals surface area contributed by atoms with Crippen molar-refractivity contribution in [1.29, 1.82) is 0 Å². The summed E-state index contributed by atoms with van der Waals surface area (Å²) < 4.78 is 7.16. The zero-order valence-corrected chi connectivity index (χ0v) is 12.7. The number of imidazole rings is 1. The number of nitrogens with one attached hydrogen (secondary N) is 1. The fraction of sp³-hybridized carbons (Fsp3) is 0.143. The minimum atomic E-state index is -0.321. The van der Waals surface area contributed by atoms with Crippen molar-refractivity contribution in [3.63, 3.8) is 0 Å². The van der Waals surface area contributed by atoms with E-state index in [0.29, 0.717) is 28.7 Å². The Labute approximate surface area is 130 Å². The molecule has 108 valence electrons. The molecule has 0 bridgehead atoms. The van der Waals surface area contributed by atoms with Gasteiger partial charge in [-0.25, -0.2) is 4.98 Å². The zero-order chi connectivity index (χ0) is 14.8. The summed E-state index contributed by atoms with van der Waals surface area (Å²) >= 11 is 7.47. The first kappa shape index (κ1) is 13.9. The molecule has 0 saturated heterocycles. The number of thiazole rings is 1. The number of hydrogen-bond donors (Lipinski definition) is 1. The molecule has 3 aromatic rings. The number of carbonyl (C=O) groups is 1. The number of ether oxygens (including phenoxy) is 1. The minimum Gasteiger partial charge on any atom is -0.492 e. The highest BCUT2D eigenvalue weighted by Crippen LogP contribution is 2.26. The number of fused-ring (bicyclic) bond motifs is 1. The van der Waals surface area contributed by atoms with Crippen molar-refractivity contribution in [2.45, 2.75) is 6.92 Å². The van der Waals surface area contributed by atoms with Gasteiger partial charge in [-0.1, -0.05) is 23.7 Å². The Kier molecular flexibility index (Phi) is 3.81. The van der Waals surface area contributed by atoms with Gasteiger partial charge in [0.15, 0.2) is 15.8 Å². The van der Waals surface area contributed by atoms with Crippen molar-refractivity contribution >= 4 is 39.5 Å². The smallest absolute Gasteiger partial charge is 0.276 e. The van der Waals surface area contributed by atoms with Gasteiger partial charge in [0.2, 0.25) is 0 Å². The van der Waals surface area contributed by atoms with Crippen LogP contribution in [-0.2, 0) is 0 Å². The molecule has 1 aromatic carbocycles. The summed E-state index contributed by atoms with van der Waals surface area (Å²) in [5, 5.41) is 4.85. The highest BCUT2D eigenvalue weighted by Gasteiger charge is 2.19. The van der Waals surface area contributed by atoms with Crippen molar-refractivity contribution < 1.29 is 9.53 Å². The van der Waals surface area contributed by atoms with E-state index < -0.39 is 0 Å². The number of anilines is 1. The zero-order valence-electron chi connectivity index (χ0n) is 11.2. The quantitative estimate of drug-likeness (QED) is 0.797. The fourth-order valence-corrected chi connectivity index (χ4v) is 3.02. The van der Waals surface area contributed by atoms with Crippen LogP contribution in [0.5, 0.6) is 5.75 Å². The molecule has 0 fully saturated rings. The molecule has 0 spiro atoms. The average molecular weight is 322 g/mol. The molecule has 0 aliphatic heterocycles. The summed E-state index contributed by atoms with van der Waals surface area (Å²) in [6.07, 6.45) is 1.77. The predicted molar refractivity (Wildman–Crippen MR) is 83.6 cm³/mol. The van der Waals surface area contributed by atoms with Gasteiger partial charge < -0.3 is 10.1 Å². The van der Waals surface area contributed by atoms with Crippen LogP contribution in [0.15, 0.2) is 35.8 Å². The Morgan fingerprint density at radius 1 is 1.48 bits per heavy atom. The second-order valence-electron chi connectivity index (χ2n) is 4.19. The maximum atomic E-state index is 12.5. The van der Waals surface area contributed by atoms with Crippen molar-refractivity contribution in [2.24, 2.45) is 0 Å². The van der Waals surface area contributed by atoms with E-state index in [0.717, 1.165) is 0 Å². The molecule has 1 amide bonds. The van der Waals surface area contributed by atoms with Crippen molar-refractivity contribution in [2.75, 3.05) is 11.9 Å². The van der Waals surface area contributed by atoms with Gasteiger partial charge in [0, 0.05) is 11.6 Å². The van der Waals surface area contributed by atoms with Gasteiger partial charge >= 0.3 is 0 Å². The summed E-state index contributed by atoms with van der Waals surface area (Å²) in [6.45, 7) is 2.41. The summed E-state index contributed by atoms with van der Waals surface area (Å²) in [7, 11) is 0. The van der Waals surface area contributed by atoms with E-state index in [2.05, 4.69) is 10.3 Å². The van der Waals surface area contributed by atoms with Crippen LogP contribution in [0.4, 0.5) is 5.69 Å². The lowest BCUT2D eigenvalue weighted by atomic mass is 10.3. The summed E-state index contributed by atoms with van der Waals surface area (Å²) in [5.41, 5.74) is 0.921. The third kappa shape index (κ3) is 2.59. The van der Waals surface area contributed by atoms with E-state index in [1.165, 1.54) is 11.3 Å². The summed E-state index contributed by atoms with van der Waals surface area (Å²) in [4.78, 5) is 17.3. The van der Waals surface area contributed by atoms with Crippen molar-refractivity contribution in [3.05, 3.63) is 46.7 Å². The monoisotopic (exact) mass is 321 g/mol. The standard InChI is InChI=1S/C14H12ClN3O2S/c1-2-20-10-6-4-3-5-9(10)16-13(19)11-12(15)17-14-18(11)7-8-21-14/h3-8H,2H2,1H3,(H,16,19). The molecule has 0 atom stereocenters. The molecule has 0 saturated carbocycles. The van der Waals surface area contributed by atoms with Crippen LogP contribution in [-0.4, -0.2) is 21.9 Å². The second kappa shape index (κ2) is 5.75. The number of hydrogen-bond acceptors (Lipinski definition) is 4. The normalized spacial score (nSPS) is 10.8. The molecule has 2 aromatic heterocycles. The van der Waals surface area contributed by atoms with Crippen molar-refractivity contribution in [1.82, 2.24) is 9.38 Å². The van der Waals surface area contributed by atoms with E-state index in [-0.39, 0.29) is 11.1 Å². The number of para-hydroxylation sites is 2. The van der Waals surface area contributed by atoms with Crippen LogP contribution < -0.4 is 10.1 Å². The molecular formula is C14H12ClN3O2S. The first-order chi connectivity index (χ1) is 10.2. The van der Waals surface area contributed by atoms with Crippen LogP contribution >= 0.6 is 22.9 Å². The number of halogens is 1. The van der Waals surface area contributed by atoms with Crippen LogP contribution in [0.25, 0.3) is 4.96 Å². The molecule has 21 heavy (non-hydrogen) atoms. The van der Waals surface area contributed by atoms with Gasteiger partial charge in [0.05, 0.1) is 12.3 Å². The van der Waals surface area contributed by atoms with Crippen molar-refractivity contribution in [3.8, 4) is 5.75 Å². The van der Waals surface area contributed by atoms with Gasteiger partial charge in [-0.2, -0.15) is 0 Å². The van der Waals surface area contributed by atoms with Gasteiger partial charge in [-0.15, -0.1) is 11.3 Å². The van der Waals surface area contributed by atoms with Crippen LogP contribution in [0.3, 0.4) is 0 Å². The Hall–Kier alpha value is -2.05. The van der Waals surface area contributed by atoms with Gasteiger partial charge in [-0.05, 0) is 19.1 Å². The first-order valence-electron chi connectivity index (χ1n) is 6.35. The SMILES string of the molecule is CCOc1ccccc1NC(=O)c1c(Cl)nc2sccn12. The molecule has 5 nitrogen and oxygen atoms in total. The average Bonchev–Trinajstić information content (AvgIpc) is 3.00. The van der Waals surface area contributed by atoms with Gasteiger partial charge in [0.25, 0.3) is 5.91 Å². The topological polar surface area (TPSA) is 55.6 Å². The molecule has 2 heterocycles. The molecule has 1 N–H and O–H groups in total. The van der Waals surface area contributed by atoms with E-state index in [9.17, 15) is 4.79 Å². The minimum absolute atomic E-state index is 0.188. The fourth-order valence-electron chi connectivity index (χ4n) is 2.00.